The molecule has 0 saturated carbocycles. The van der Waals surface area contributed by atoms with Gasteiger partial charge in [-0.1, -0.05) is 23.7 Å². The largest absolute Gasteiger partial charge is 0.481 e. The van der Waals surface area contributed by atoms with Gasteiger partial charge >= 0.3 is 5.97 Å². The number of nitrogens with zero attached hydrogens (tertiary/aromatic N) is 1. The summed E-state index contributed by atoms with van der Waals surface area (Å²) in [4.78, 5) is 12.6. The molecule has 1 saturated heterocycles. The molecule has 116 valence electrons. The number of sulfone groups is 1. The van der Waals surface area contributed by atoms with Gasteiger partial charge in [0.15, 0.2) is 9.84 Å². The number of carboxylic acids is 1. The van der Waals surface area contributed by atoms with Gasteiger partial charge in [-0.2, -0.15) is 0 Å². The van der Waals surface area contributed by atoms with E-state index >= 15 is 0 Å². The Hall–Kier alpha value is -1.18. The van der Waals surface area contributed by atoms with Crippen LogP contribution in [-0.2, 0) is 21.2 Å². The van der Waals surface area contributed by atoms with E-state index in [1.54, 1.807) is 11.0 Å². The average Bonchev–Trinajstić information content (AvgIpc) is 2.36. The summed E-state index contributed by atoms with van der Waals surface area (Å²) in [5, 5.41) is 8.90. The van der Waals surface area contributed by atoms with Gasteiger partial charge in [0.05, 0.1) is 22.9 Å². The van der Waals surface area contributed by atoms with E-state index in [0.717, 1.165) is 0 Å². The topological polar surface area (TPSA) is 74.7 Å². The summed E-state index contributed by atoms with van der Waals surface area (Å²) < 4.78 is 36.7. The van der Waals surface area contributed by atoms with Crippen LogP contribution < -0.4 is 0 Å². The summed E-state index contributed by atoms with van der Waals surface area (Å²) in [6.45, 7) is 0.442. The van der Waals surface area contributed by atoms with Crippen molar-refractivity contribution in [2.24, 2.45) is 0 Å². The Morgan fingerprint density at radius 1 is 1.48 bits per heavy atom. The normalized spacial score (nSPS) is 22.1. The van der Waals surface area contributed by atoms with Crippen LogP contribution >= 0.6 is 11.6 Å². The Balaban J connectivity index is 2.20. The molecule has 0 amide bonds. The molecule has 1 aromatic carbocycles. The minimum Gasteiger partial charge on any atom is -0.481 e. The molecule has 1 N–H and O–H groups in total. The molecule has 8 heteroatoms. The highest BCUT2D eigenvalue weighted by molar-refractivity contribution is 7.91. The fourth-order valence-corrected chi connectivity index (χ4v) is 4.19. The highest BCUT2D eigenvalue weighted by atomic mass is 35.5. The number of hydrogen-bond donors (Lipinski definition) is 1. The van der Waals surface area contributed by atoms with E-state index in [-0.39, 0.29) is 36.0 Å². The number of carbonyl (C=O) groups is 1. The van der Waals surface area contributed by atoms with Crippen LogP contribution in [-0.4, -0.2) is 48.5 Å². The molecule has 5 nitrogen and oxygen atoms in total. The molecular weight excluding hydrogens is 321 g/mol. The number of hydrogen-bond acceptors (Lipinski definition) is 4. The minimum atomic E-state index is -3.23. The molecule has 1 aliphatic heterocycles. The summed E-state index contributed by atoms with van der Waals surface area (Å²) >= 11 is 5.89. The zero-order valence-corrected chi connectivity index (χ0v) is 12.7. The van der Waals surface area contributed by atoms with Crippen LogP contribution in [0.2, 0.25) is 5.02 Å². The highest BCUT2D eigenvalue weighted by Crippen LogP contribution is 2.24. The summed E-state index contributed by atoms with van der Waals surface area (Å²) in [7, 11) is -3.23. The molecule has 1 aromatic rings. The van der Waals surface area contributed by atoms with Crippen molar-refractivity contribution in [3.8, 4) is 0 Å². The van der Waals surface area contributed by atoms with Crippen molar-refractivity contribution in [2.45, 2.75) is 19.0 Å². The maximum atomic E-state index is 13.4. The van der Waals surface area contributed by atoms with Crippen LogP contribution in [0.3, 0.4) is 0 Å². The molecule has 2 rings (SSSR count). The van der Waals surface area contributed by atoms with Gasteiger partial charge in [-0.25, -0.2) is 12.8 Å². The lowest BCUT2D eigenvalue weighted by Crippen LogP contribution is -2.48. The second-order valence-electron chi connectivity index (χ2n) is 5.05. The van der Waals surface area contributed by atoms with E-state index in [9.17, 15) is 17.6 Å². The molecule has 21 heavy (non-hydrogen) atoms. The Kier molecular flexibility index (Phi) is 4.85. The number of rotatable bonds is 4. The number of benzene rings is 1. The summed E-state index contributed by atoms with van der Waals surface area (Å²) in [6, 6.07) is 3.78. The molecule has 1 atom stereocenters. The Labute approximate surface area is 127 Å². The van der Waals surface area contributed by atoms with Crippen LogP contribution in [0.25, 0.3) is 0 Å². The number of carboxylic acid groups (broad SMARTS) is 1. The van der Waals surface area contributed by atoms with Gasteiger partial charge in [0, 0.05) is 19.1 Å². The SMILES string of the molecule is O=C(O)CC1CS(=O)(=O)CCN1Cc1cccc(F)c1Cl. The molecule has 0 spiro atoms. The van der Waals surface area contributed by atoms with E-state index < -0.39 is 27.7 Å². The summed E-state index contributed by atoms with van der Waals surface area (Å²) in [6.07, 6.45) is -0.272. The predicted molar refractivity (Wildman–Crippen MR) is 76.5 cm³/mol. The Bertz CT molecular complexity index is 650. The molecule has 1 aliphatic rings. The third-order valence-electron chi connectivity index (χ3n) is 3.47. The van der Waals surface area contributed by atoms with Crippen molar-refractivity contribution in [1.29, 1.82) is 0 Å². The molecular formula is C13H15ClFNO4S. The first-order valence-corrected chi connectivity index (χ1v) is 8.57. The molecule has 0 bridgehead atoms. The second kappa shape index (κ2) is 6.29. The van der Waals surface area contributed by atoms with E-state index in [1.807, 2.05) is 0 Å². The van der Waals surface area contributed by atoms with Crippen LogP contribution in [0.1, 0.15) is 12.0 Å². The van der Waals surface area contributed by atoms with Crippen LogP contribution in [0.5, 0.6) is 0 Å². The van der Waals surface area contributed by atoms with Gasteiger partial charge in [-0.15, -0.1) is 0 Å². The predicted octanol–water partition coefficient (Wildman–Crippen LogP) is 1.55. The monoisotopic (exact) mass is 335 g/mol. The first-order chi connectivity index (χ1) is 9.78. The zero-order chi connectivity index (χ0) is 15.6. The zero-order valence-electron chi connectivity index (χ0n) is 11.1. The van der Waals surface area contributed by atoms with Crippen molar-refractivity contribution in [1.82, 2.24) is 4.90 Å². The van der Waals surface area contributed by atoms with E-state index in [4.69, 9.17) is 16.7 Å². The van der Waals surface area contributed by atoms with E-state index in [1.165, 1.54) is 12.1 Å². The van der Waals surface area contributed by atoms with Crippen molar-refractivity contribution in [3.05, 3.63) is 34.6 Å². The lowest BCUT2D eigenvalue weighted by Gasteiger charge is -2.34. The Morgan fingerprint density at radius 3 is 2.86 bits per heavy atom. The fraction of sp³-hybridized carbons (Fsp3) is 0.462. The van der Waals surface area contributed by atoms with Gasteiger partial charge in [0.25, 0.3) is 0 Å². The summed E-state index contributed by atoms with van der Waals surface area (Å²) in [5.41, 5.74) is 0.520. The van der Waals surface area contributed by atoms with Crippen molar-refractivity contribution in [3.63, 3.8) is 0 Å². The average molecular weight is 336 g/mol. The van der Waals surface area contributed by atoms with E-state index in [2.05, 4.69) is 0 Å². The van der Waals surface area contributed by atoms with Crippen molar-refractivity contribution in [2.75, 3.05) is 18.1 Å². The minimum absolute atomic E-state index is 0.0139. The highest BCUT2D eigenvalue weighted by Gasteiger charge is 2.32. The lowest BCUT2D eigenvalue weighted by molar-refractivity contribution is -0.138. The standard InChI is InChI=1S/C13H15ClFNO4S/c14-13-9(2-1-3-11(13)15)7-16-4-5-21(19,20)8-10(16)6-12(17)18/h1-3,10H,4-8H2,(H,17,18). The number of aliphatic carboxylic acids is 1. The quantitative estimate of drug-likeness (QED) is 0.903. The summed E-state index contributed by atoms with van der Waals surface area (Å²) in [5.74, 6) is -1.84. The van der Waals surface area contributed by atoms with Gasteiger partial charge in [0.1, 0.15) is 5.82 Å². The van der Waals surface area contributed by atoms with Gasteiger partial charge in [-0.3, -0.25) is 9.69 Å². The second-order valence-corrected chi connectivity index (χ2v) is 7.66. The maximum absolute atomic E-state index is 13.4. The third-order valence-corrected chi connectivity index (χ3v) is 5.59. The lowest BCUT2D eigenvalue weighted by atomic mass is 10.1. The third kappa shape index (κ3) is 4.15. The van der Waals surface area contributed by atoms with E-state index in [0.29, 0.717) is 5.56 Å². The fourth-order valence-electron chi connectivity index (χ4n) is 2.41. The molecule has 0 aliphatic carbocycles. The molecule has 0 aromatic heterocycles. The first kappa shape index (κ1) is 16.2. The molecule has 1 heterocycles. The van der Waals surface area contributed by atoms with Crippen LogP contribution in [0, 0.1) is 5.82 Å². The smallest absolute Gasteiger partial charge is 0.304 e. The van der Waals surface area contributed by atoms with Crippen molar-refractivity contribution < 1.29 is 22.7 Å². The maximum Gasteiger partial charge on any atom is 0.304 e. The van der Waals surface area contributed by atoms with Gasteiger partial charge in [0.2, 0.25) is 0 Å². The van der Waals surface area contributed by atoms with Gasteiger partial charge < -0.3 is 5.11 Å². The van der Waals surface area contributed by atoms with Crippen LogP contribution in [0.15, 0.2) is 18.2 Å². The molecule has 1 unspecified atom stereocenters. The van der Waals surface area contributed by atoms with Gasteiger partial charge in [-0.05, 0) is 11.6 Å². The molecule has 1 fully saturated rings. The van der Waals surface area contributed by atoms with Crippen molar-refractivity contribution >= 4 is 27.4 Å². The molecule has 0 radical (unpaired) electrons. The Morgan fingerprint density at radius 2 is 2.19 bits per heavy atom. The van der Waals surface area contributed by atoms with Crippen LogP contribution in [0.4, 0.5) is 4.39 Å². The number of halogens is 2. The first-order valence-electron chi connectivity index (χ1n) is 6.37.